The second-order valence-electron chi connectivity index (χ2n) is 5.23. The summed E-state index contributed by atoms with van der Waals surface area (Å²) < 4.78 is 13.7. The number of carboxylic acid groups (broad SMARTS) is 1. The third-order valence-corrected chi connectivity index (χ3v) is 3.04. The molecule has 1 rings (SSSR count). The maximum atomic E-state index is 13.7. The summed E-state index contributed by atoms with van der Waals surface area (Å²) in [7, 11) is 0. The average molecular weight is 298 g/mol. The summed E-state index contributed by atoms with van der Waals surface area (Å²) in [6.07, 6.45) is 2.85. The van der Waals surface area contributed by atoms with Crippen molar-refractivity contribution in [1.82, 2.24) is 0 Å². The van der Waals surface area contributed by atoms with E-state index < -0.39 is 28.0 Å². The van der Waals surface area contributed by atoms with Gasteiger partial charge in [0.05, 0.1) is 16.7 Å². The Balaban J connectivity index is 2.77. The predicted molar refractivity (Wildman–Crippen MR) is 77.2 cm³/mol. The molecule has 1 aromatic rings. The van der Waals surface area contributed by atoms with E-state index in [1.165, 1.54) is 0 Å². The van der Waals surface area contributed by atoms with Crippen LogP contribution in [0.1, 0.15) is 43.5 Å². The van der Waals surface area contributed by atoms with Crippen molar-refractivity contribution in [3.8, 4) is 0 Å². The summed E-state index contributed by atoms with van der Waals surface area (Å²) in [5, 5.41) is 22.4. The molecular formula is C14H19FN2O4. The normalized spacial score (nSPS) is 10.7. The van der Waals surface area contributed by atoms with Gasteiger partial charge in [0.1, 0.15) is 5.56 Å². The maximum absolute atomic E-state index is 13.7. The number of carbonyl (C=O) groups is 1. The van der Waals surface area contributed by atoms with Crippen molar-refractivity contribution >= 4 is 17.3 Å². The summed E-state index contributed by atoms with van der Waals surface area (Å²) in [6, 6.07) is 1.61. The Kier molecular flexibility index (Phi) is 6.08. The smallest absolute Gasteiger partial charge is 0.342 e. The Morgan fingerprint density at radius 1 is 1.43 bits per heavy atom. The van der Waals surface area contributed by atoms with Crippen LogP contribution in [0.25, 0.3) is 0 Å². The van der Waals surface area contributed by atoms with Gasteiger partial charge in [0.2, 0.25) is 0 Å². The maximum Gasteiger partial charge on any atom is 0.342 e. The fraction of sp³-hybridized carbons (Fsp3) is 0.500. The molecule has 0 atom stereocenters. The molecule has 0 unspecified atom stereocenters. The minimum atomic E-state index is -1.45. The molecule has 21 heavy (non-hydrogen) atoms. The number of nitrogens with zero attached hydrogens (tertiary/aromatic N) is 1. The van der Waals surface area contributed by atoms with Crippen LogP contribution in [-0.4, -0.2) is 22.5 Å². The van der Waals surface area contributed by atoms with Gasteiger partial charge in [-0.05, 0) is 18.4 Å². The Labute approximate surface area is 122 Å². The standard InChI is InChI=1S/C14H19FN2O4/c1-9(2)5-3-4-6-16-12-7-10(14(18)19)13(17(20)21)8-11(12)15/h7-9,16H,3-6H2,1-2H3,(H,18,19). The van der Waals surface area contributed by atoms with Crippen molar-refractivity contribution in [2.45, 2.75) is 33.1 Å². The largest absolute Gasteiger partial charge is 0.477 e. The van der Waals surface area contributed by atoms with Gasteiger partial charge in [-0.2, -0.15) is 0 Å². The van der Waals surface area contributed by atoms with E-state index in [0.29, 0.717) is 18.5 Å². The number of unbranched alkanes of at least 4 members (excludes halogenated alkanes) is 1. The fourth-order valence-electron chi connectivity index (χ4n) is 1.92. The molecule has 0 fully saturated rings. The third-order valence-electron chi connectivity index (χ3n) is 3.04. The molecule has 6 nitrogen and oxygen atoms in total. The van der Waals surface area contributed by atoms with Crippen LogP contribution in [0.5, 0.6) is 0 Å². The zero-order chi connectivity index (χ0) is 16.0. The zero-order valence-corrected chi connectivity index (χ0v) is 12.1. The van der Waals surface area contributed by atoms with Crippen molar-refractivity contribution in [2.75, 3.05) is 11.9 Å². The van der Waals surface area contributed by atoms with Crippen LogP contribution < -0.4 is 5.32 Å². The van der Waals surface area contributed by atoms with Crippen molar-refractivity contribution < 1.29 is 19.2 Å². The fourth-order valence-corrected chi connectivity index (χ4v) is 1.92. The minimum absolute atomic E-state index is 0.0254. The van der Waals surface area contributed by atoms with Crippen molar-refractivity contribution in [3.05, 3.63) is 33.6 Å². The number of rotatable bonds is 8. The van der Waals surface area contributed by atoms with Crippen molar-refractivity contribution in [3.63, 3.8) is 0 Å². The molecule has 0 aliphatic carbocycles. The van der Waals surface area contributed by atoms with Crippen LogP contribution in [0.4, 0.5) is 15.8 Å². The van der Waals surface area contributed by atoms with Crippen molar-refractivity contribution in [2.24, 2.45) is 5.92 Å². The number of nitro benzene ring substituents is 1. The summed E-state index contributed by atoms with van der Waals surface area (Å²) in [5.74, 6) is -1.68. The highest BCUT2D eigenvalue weighted by Crippen LogP contribution is 2.26. The van der Waals surface area contributed by atoms with Crippen LogP contribution in [0.15, 0.2) is 12.1 Å². The molecule has 0 aliphatic rings. The van der Waals surface area contributed by atoms with Gasteiger partial charge in [0.25, 0.3) is 5.69 Å². The minimum Gasteiger partial charge on any atom is -0.477 e. The second kappa shape index (κ2) is 7.56. The Hall–Kier alpha value is -2.18. The number of nitrogens with one attached hydrogen (secondary N) is 1. The van der Waals surface area contributed by atoms with Crippen LogP contribution in [0.2, 0.25) is 0 Å². The number of hydrogen-bond donors (Lipinski definition) is 2. The highest BCUT2D eigenvalue weighted by atomic mass is 19.1. The van der Waals surface area contributed by atoms with E-state index in [0.717, 1.165) is 25.3 Å². The summed E-state index contributed by atoms with van der Waals surface area (Å²) in [4.78, 5) is 20.8. The highest BCUT2D eigenvalue weighted by Gasteiger charge is 2.23. The molecule has 0 aromatic heterocycles. The van der Waals surface area contributed by atoms with Crippen LogP contribution in [-0.2, 0) is 0 Å². The van der Waals surface area contributed by atoms with Gasteiger partial charge in [-0.1, -0.05) is 26.7 Å². The van der Waals surface area contributed by atoms with Crippen molar-refractivity contribution in [1.29, 1.82) is 0 Å². The van der Waals surface area contributed by atoms with Crippen LogP contribution in [0.3, 0.4) is 0 Å². The van der Waals surface area contributed by atoms with Gasteiger partial charge in [-0.15, -0.1) is 0 Å². The molecule has 7 heteroatoms. The lowest BCUT2D eigenvalue weighted by Crippen LogP contribution is -2.08. The van der Waals surface area contributed by atoms with E-state index in [1.807, 2.05) is 0 Å². The zero-order valence-electron chi connectivity index (χ0n) is 12.1. The molecule has 0 amide bonds. The van der Waals surface area contributed by atoms with E-state index in [-0.39, 0.29) is 5.69 Å². The van der Waals surface area contributed by atoms with Crippen LogP contribution in [0, 0.1) is 21.8 Å². The summed E-state index contributed by atoms with van der Waals surface area (Å²) in [5.41, 5.74) is -1.29. The second-order valence-corrected chi connectivity index (χ2v) is 5.23. The lowest BCUT2D eigenvalue weighted by atomic mass is 10.1. The number of anilines is 1. The molecule has 1 aromatic carbocycles. The molecule has 0 saturated heterocycles. The molecule has 0 heterocycles. The molecule has 0 spiro atoms. The summed E-state index contributed by atoms with van der Waals surface area (Å²) in [6.45, 7) is 4.71. The van der Waals surface area contributed by atoms with E-state index in [9.17, 15) is 19.3 Å². The monoisotopic (exact) mass is 298 g/mol. The first kappa shape index (κ1) is 16.9. The van der Waals surface area contributed by atoms with E-state index in [1.54, 1.807) is 0 Å². The topological polar surface area (TPSA) is 92.5 Å². The molecule has 2 N–H and O–H groups in total. The third kappa shape index (κ3) is 5.02. The first-order valence-corrected chi connectivity index (χ1v) is 6.78. The number of hydrogen-bond acceptors (Lipinski definition) is 4. The quantitative estimate of drug-likeness (QED) is 0.434. The lowest BCUT2D eigenvalue weighted by molar-refractivity contribution is -0.385. The van der Waals surface area contributed by atoms with Gasteiger partial charge in [0, 0.05) is 6.54 Å². The Morgan fingerprint density at radius 3 is 2.62 bits per heavy atom. The first-order chi connectivity index (χ1) is 9.82. The van der Waals surface area contributed by atoms with E-state index in [2.05, 4.69) is 19.2 Å². The summed E-state index contributed by atoms with van der Waals surface area (Å²) >= 11 is 0. The average Bonchev–Trinajstić information content (AvgIpc) is 2.38. The molecule has 0 saturated carbocycles. The predicted octanol–water partition coefficient (Wildman–Crippen LogP) is 3.67. The number of carboxylic acids is 1. The molecule has 116 valence electrons. The van der Waals surface area contributed by atoms with Gasteiger partial charge in [-0.25, -0.2) is 9.18 Å². The van der Waals surface area contributed by atoms with Gasteiger partial charge >= 0.3 is 5.97 Å². The lowest BCUT2D eigenvalue weighted by Gasteiger charge is -2.09. The van der Waals surface area contributed by atoms with Crippen LogP contribution >= 0.6 is 0 Å². The SMILES string of the molecule is CC(C)CCCCNc1cc(C(=O)O)c([N+](=O)[O-])cc1F. The van der Waals surface area contributed by atoms with E-state index >= 15 is 0 Å². The molecule has 0 bridgehead atoms. The Morgan fingerprint density at radius 2 is 2.10 bits per heavy atom. The number of halogens is 1. The molecule has 0 aliphatic heterocycles. The number of benzene rings is 1. The van der Waals surface area contributed by atoms with Gasteiger partial charge in [-0.3, -0.25) is 10.1 Å². The van der Waals surface area contributed by atoms with Gasteiger partial charge < -0.3 is 10.4 Å². The van der Waals surface area contributed by atoms with Gasteiger partial charge in [0.15, 0.2) is 5.82 Å². The number of aromatic carboxylic acids is 1. The molecular weight excluding hydrogens is 279 g/mol. The molecule has 0 radical (unpaired) electrons. The highest BCUT2D eigenvalue weighted by molar-refractivity contribution is 5.93. The Bertz CT molecular complexity index is 532. The number of nitro groups is 1. The van der Waals surface area contributed by atoms with E-state index in [4.69, 9.17) is 5.11 Å². The first-order valence-electron chi connectivity index (χ1n) is 6.78.